The number of carbonyl (C=O) groups is 1. The average molecular weight is 282 g/mol. The van der Waals surface area contributed by atoms with Gasteiger partial charge in [0.15, 0.2) is 5.13 Å². The predicted molar refractivity (Wildman–Crippen MR) is 77.7 cm³/mol. The zero-order valence-electron chi connectivity index (χ0n) is 11.7. The van der Waals surface area contributed by atoms with Crippen molar-refractivity contribution in [3.8, 4) is 0 Å². The molecule has 0 aromatic carbocycles. The number of hydrogen-bond acceptors (Lipinski definition) is 5. The third-order valence-corrected chi connectivity index (χ3v) is 4.40. The fraction of sp³-hybridized carbons (Fsp3) is 0.714. The molecule has 1 unspecified atom stereocenters. The summed E-state index contributed by atoms with van der Waals surface area (Å²) in [6.45, 7) is 5.59. The highest BCUT2D eigenvalue weighted by Crippen LogP contribution is 2.27. The molecule has 1 aromatic heterocycles. The maximum Gasteiger partial charge on any atom is 0.311 e. The predicted octanol–water partition coefficient (Wildman–Crippen LogP) is 3.02. The summed E-state index contributed by atoms with van der Waals surface area (Å²) in [6.07, 6.45) is 5.36. The van der Waals surface area contributed by atoms with Gasteiger partial charge in [-0.3, -0.25) is 4.79 Å². The second-order valence-corrected chi connectivity index (χ2v) is 5.83. The monoisotopic (exact) mass is 282 g/mol. The summed E-state index contributed by atoms with van der Waals surface area (Å²) >= 11 is 1.64. The van der Waals surface area contributed by atoms with Crippen LogP contribution >= 0.6 is 11.3 Å². The number of ether oxygens (including phenoxy) is 1. The Kier molecular flexibility index (Phi) is 5.19. The van der Waals surface area contributed by atoms with Gasteiger partial charge in [-0.15, -0.1) is 11.3 Å². The Morgan fingerprint density at radius 1 is 1.53 bits per heavy atom. The Labute approximate surface area is 118 Å². The molecule has 0 aliphatic carbocycles. The number of nitrogens with zero attached hydrogens (tertiary/aromatic N) is 2. The lowest BCUT2D eigenvalue weighted by Crippen LogP contribution is -2.32. The minimum atomic E-state index is -0.191. The van der Waals surface area contributed by atoms with E-state index >= 15 is 0 Å². The molecule has 0 bridgehead atoms. The van der Waals surface area contributed by atoms with Gasteiger partial charge in [-0.25, -0.2) is 4.98 Å². The Bertz CT molecular complexity index is 419. The third-order valence-electron chi connectivity index (χ3n) is 3.47. The zero-order valence-corrected chi connectivity index (χ0v) is 12.5. The molecule has 4 nitrogen and oxygen atoms in total. The van der Waals surface area contributed by atoms with E-state index in [-0.39, 0.29) is 12.4 Å². The van der Waals surface area contributed by atoms with Crippen molar-refractivity contribution in [2.24, 2.45) is 0 Å². The van der Waals surface area contributed by atoms with E-state index < -0.39 is 0 Å². The van der Waals surface area contributed by atoms with Crippen molar-refractivity contribution >= 4 is 22.4 Å². The van der Waals surface area contributed by atoms with Gasteiger partial charge in [0.05, 0.1) is 18.7 Å². The SMILES string of the molecule is CCOC(=O)Cc1csc(N2CCCCCC2C)n1. The van der Waals surface area contributed by atoms with Crippen molar-refractivity contribution < 1.29 is 9.53 Å². The molecule has 0 N–H and O–H groups in total. The first kappa shape index (κ1) is 14.3. The van der Waals surface area contributed by atoms with Gasteiger partial charge in [-0.05, 0) is 26.7 Å². The van der Waals surface area contributed by atoms with E-state index in [2.05, 4.69) is 16.8 Å². The van der Waals surface area contributed by atoms with Crippen LogP contribution in [0, 0.1) is 0 Å². The fourth-order valence-corrected chi connectivity index (χ4v) is 3.38. The van der Waals surface area contributed by atoms with E-state index in [0.717, 1.165) is 17.4 Å². The lowest BCUT2D eigenvalue weighted by Gasteiger charge is -2.26. The van der Waals surface area contributed by atoms with Crippen LogP contribution in [0.1, 0.15) is 45.2 Å². The Morgan fingerprint density at radius 2 is 2.37 bits per heavy atom. The van der Waals surface area contributed by atoms with Gasteiger partial charge < -0.3 is 9.64 Å². The van der Waals surface area contributed by atoms with Crippen LogP contribution in [0.25, 0.3) is 0 Å². The number of hydrogen-bond donors (Lipinski definition) is 0. The van der Waals surface area contributed by atoms with Crippen molar-refractivity contribution in [3.63, 3.8) is 0 Å². The van der Waals surface area contributed by atoms with Crippen LogP contribution in [0.5, 0.6) is 0 Å². The molecular formula is C14H22N2O2S. The summed E-state index contributed by atoms with van der Waals surface area (Å²) in [5, 5.41) is 3.03. The van der Waals surface area contributed by atoms with Gasteiger partial charge in [-0.2, -0.15) is 0 Å². The third kappa shape index (κ3) is 3.93. The van der Waals surface area contributed by atoms with Gasteiger partial charge in [-0.1, -0.05) is 12.8 Å². The summed E-state index contributed by atoms with van der Waals surface area (Å²) < 4.78 is 4.95. The van der Waals surface area contributed by atoms with E-state index in [9.17, 15) is 4.79 Å². The van der Waals surface area contributed by atoms with Crippen LogP contribution in [-0.2, 0) is 16.0 Å². The number of rotatable bonds is 4. The summed E-state index contributed by atoms with van der Waals surface area (Å²) in [7, 11) is 0. The van der Waals surface area contributed by atoms with Gasteiger partial charge in [0.2, 0.25) is 0 Å². The molecular weight excluding hydrogens is 260 g/mol. The van der Waals surface area contributed by atoms with Gasteiger partial charge in [0.25, 0.3) is 0 Å². The number of esters is 1. The van der Waals surface area contributed by atoms with Crippen LogP contribution in [0.4, 0.5) is 5.13 Å². The first-order valence-electron chi connectivity index (χ1n) is 7.07. The fourth-order valence-electron chi connectivity index (χ4n) is 2.43. The zero-order chi connectivity index (χ0) is 13.7. The Hall–Kier alpha value is -1.10. The van der Waals surface area contributed by atoms with Gasteiger partial charge in [0, 0.05) is 18.0 Å². The molecule has 19 heavy (non-hydrogen) atoms. The van der Waals surface area contributed by atoms with E-state index in [1.54, 1.807) is 11.3 Å². The van der Waals surface area contributed by atoms with Crippen LogP contribution in [0.15, 0.2) is 5.38 Å². The molecule has 0 spiro atoms. The van der Waals surface area contributed by atoms with Crippen LogP contribution in [0.2, 0.25) is 0 Å². The highest BCUT2D eigenvalue weighted by molar-refractivity contribution is 7.13. The molecule has 2 rings (SSSR count). The summed E-state index contributed by atoms with van der Waals surface area (Å²) in [4.78, 5) is 18.4. The molecule has 1 aliphatic rings. The van der Waals surface area contributed by atoms with E-state index in [4.69, 9.17) is 4.74 Å². The molecule has 2 heterocycles. The molecule has 1 fully saturated rings. The maximum atomic E-state index is 11.4. The Morgan fingerprint density at radius 3 is 3.16 bits per heavy atom. The molecule has 5 heteroatoms. The standard InChI is InChI=1S/C14H22N2O2S/c1-3-18-13(17)9-12-10-19-14(15-12)16-8-6-4-5-7-11(16)2/h10-11H,3-9H2,1-2H3. The number of carbonyl (C=O) groups excluding carboxylic acids is 1. The van der Waals surface area contributed by atoms with Gasteiger partial charge >= 0.3 is 5.97 Å². The smallest absolute Gasteiger partial charge is 0.311 e. The number of aromatic nitrogens is 1. The van der Waals surface area contributed by atoms with Crippen LogP contribution in [-0.4, -0.2) is 30.1 Å². The normalized spacial score (nSPS) is 20.1. The van der Waals surface area contributed by atoms with Crippen molar-refractivity contribution in [2.75, 3.05) is 18.1 Å². The van der Waals surface area contributed by atoms with E-state index in [1.807, 2.05) is 12.3 Å². The number of anilines is 1. The lowest BCUT2D eigenvalue weighted by atomic mass is 10.1. The second-order valence-electron chi connectivity index (χ2n) is 4.99. The molecule has 1 aliphatic heterocycles. The minimum absolute atomic E-state index is 0.191. The summed E-state index contributed by atoms with van der Waals surface area (Å²) in [5.41, 5.74) is 0.829. The number of thiazole rings is 1. The maximum absolute atomic E-state index is 11.4. The largest absolute Gasteiger partial charge is 0.466 e. The van der Waals surface area contributed by atoms with E-state index in [1.165, 1.54) is 25.7 Å². The lowest BCUT2D eigenvalue weighted by molar-refractivity contribution is -0.142. The van der Waals surface area contributed by atoms with Crippen LogP contribution in [0.3, 0.4) is 0 Å². The highest BCUT2D eigenvalue weighted by Gasteiger charge is 2.20. The van der Waals surface area contributed by atoms with Gasteiger partial charge in [0.1, 0.15) is 0 Å². The topological polar surface area (TPSA) is 42.4 Å². The summed E-state index contributed by atoms with van der Waals surface area (Å²) in [6, 6.07) is 0.545. The molecule has 0 radical (unpaired) electrons. The van der Waals surface area contributed by atoms with Crippen LogP contribution < -0.4 is 4.90 Å². The molecule has 1 atom stereocenters. The van der Waals surface area contributed by atoms with E-state index in [0.29, 0.717) is 12.6 Å². The summed E-state index contributed by atoms with van der Waals surface area (Å²) in [5.74, 6) is -0.191. The molecule has 106 valence electrons. The first-order valence-corrected chi connectivity index (χ1v) is 7.95. The molecule has 1 aromatic rings. The van der Waals surface area contributed by atoms with Crippen molar-refractivity contribution in [1.82, 2.24) is 4.98 Å². The van der Waals surface area contributed by atoms with Crippen molar-refractivity contribution in [2.45, 2.75) is 52.0 Å². The first-order chi connectivity index (χ1) is 9.20. The molecule has 0 amide bonds. The molecule has 1 saturated heterocycles. The quantitative estimate of drug-likeness (QED) is 0.796. The van der Waals surface area contributed by atoms with Crippen molar-refractivity contribution in [1.29, 1.82) is 0 Å². The average Bonchev–Trinajstić information content (AvgIpc) is 2.71. The Balaban J connectivity index is 2.01. The van der Waals surface area contributed by atoms with Crippen molar-refractivity contribution in [3.05, 3.63) is 11.1 Å². The molecule has 0 saturated carbocycles. The highest BCUT2D eigenvalue weighted by atomic mass is 32.1. The second kappa shape index (κ2) is 6.89. The minimum Gasteiger partial charge on any atom is -0.466 e.